The zero-order chi connectivity index (χ0) is 19.3. The summed E-state index contributed by atoms with van der Waals surface area (Å²) >= 11 is 0. The standard InChI is InChI=1S/C16H19F4N3O3/c1-2-14(24)23-7-5-10(6-8-23)21-15(25)22-11-3-4-13(12(17)9-11)26-16(18,19)20/h3-4,9-10H,2,5-8H2,1H3,(H2,21,22,25). The molecule has 0 aromatic heterocycles. The summed E-state index contributed by atoms with van der Waals surface area (Å²) in [6.07, 6.45) is -3.39. The van der Waals surface area contributed by atoms with Gasteiger partial charge in [-0.1, -0.05) is 6.92 Å². The average Bonchev–Trinajstić information content (AvgIpc) is 2.56. The molecular formula is C16H19F4N3O3. The Bertz CT molecular complexity index is 659. The number of amides is 3. The molecule has 1 aromatic rings. The third-order valence-corrected chi connectivity index (χ3v) is 3.90. The van der Waals surface area contributed by atoms with Crippen molar-refractivity contribution in [1.29, 1.82) is 0 Å². The van der Waals surface area contributed by atoms with Gasteiger partial charge >= 0.3 is 12.4 Å². The maximum atomic E-state index is 13.6. The highest BCUT2D eigenvalue weighted by Gasteiger charge is 2.32. The number of benzene rings is 1. The smallest absolute Gasteiger partial charge is 0.403 e. The predicted octanol–water partition coefficient (Wildman–Crippen LogP) is 3.25. The van der Waals surface area contributed by atoms with Crippen molar-refractivity contribution in [3.05, 3.63) is 24.0 Å². The van der Waals surface area contributed by atoms with Gasteiger partial charge in [-0.05, 0) is 25.0 Å². The molecule has 3 amide bonds. The van der Waals surface area contributed by atoms with Crippen molar-refractivity contribution in [3.8, 4) is 5.75 Å². The number of alkyl halides is 3. The minimum Gasteiger partial charge on any atom is -0.403 e. The van der Waals surface area contributed by atoms with Crippen LogP contribution in [0.3, 0.4) is 0 Å². The first-order valence-corrected chi connectivity index (χ1v) is 8.08. The van der Waals surface area contributed by atoms with Crippen LogP contribution in [0.4, 0.5) is 28.0 Å². The molecule has 0 unspecified atom stereocenters. The number of urea groups is 1. The summed E-state index contributed by atoms with van der Waals surface area (Å²) in [5.41, 5.74) is -0.00637. The quantitative estimate of drug-likeness (QED) is 0.792. The van der Waals surface area contributed by atoms with Crippen LogP contribution in [0, 0.1) is 5.82 Å². The van der Waals surface area contributed by atoms with Gasteiger partial charge in [0.25, 0.3) is 0 Å². The normalized spacial score (nSPS) is 15.5. The number of piperidine rings is 1. The maximum Gasteiger partial charge on any atom is 0.573 e. The van der Waals surface area contributed by atoms with Gasteiger partial charge < -0.3 is 20.3 Å². The summed E-state index contributed by atoms with van der Waals surface area (Å²) in [7, 11) is 0. The van der Waals surface area contributed by atoms with Crippen LogP contribution < -0.4 is 15.4 Å². The Morgan fingerprint density at radius 2 is 1.92 bits per heavy atom. The number of likely N-dealkylation sites (tertiary alicyclic amines) is 1. The second-order valence-electron chi connectivity index (χ2n) is 5.80. The molecule has 10 heteroatoms. The van der Waals surface area contributed by atoms with E-state index in [-0.39, 0.29) is 17.6 Å². The largest absolute Gasteiger partial charge is 0.573 e. The summed E-state index contributed by atoms with van der Waals surface area (Å²) in [4.78, 5) is 25.3. The Labute approximate surface area is 147 Å². The Hall–Kier alpha value is -2.52. The molecule has 1 aromatic carbocycles. The van der Waals surface area contributed by atoms with Gasteiger partial charge in [-0.15, -0.1) is 13.2 Å². The summed E-state index contributed by atoms with van der Waals surface area (Å²) in [5, 5.41) is 5.05. The van der Waals surface area contributed by atoms with E-state index in [0.29, 0.717) is 32.4 Å². The molecular weight excluding hydrogens is 358 g/mol. The number of carbonyl (C=O) groups is 2. The van der Waals surface area contributed by atoms with Gasteiger partial charge in [0.1, 0.15) is 0 Å². The van der Waals surface area contributed by atoms with Crippen molar-refractivity contribution in [1.82, 2.24) is 10.2 Å². The molecule has 1 saturated heterocycles. The SMILES string of the molecule is CCC(=O)N1CCC(NC(=O)Nc2ccc(OC(F)(F)F)c(F)c2)CC1. The number of hydrogen-bond donors (Lipinski definition) is 2. The molecule has 0 radical (unpaired) electrons. The summed E-state index contributed by atoms with van der Waals surface area (Å²) in [6.45, 7) is 2.86. The second kappa shape index (κ2) is 8.24. The van der Waals surface area contributed by atoms with Crippen molar-refractivity contribution < 1.29 is 31.9 Å². The molecule has 0 spiro atoms. The highest BCUT2D eigenvalue weighted by Crippen LogP contribution is 2.27. The van der Waals surface area contributed by atoms with Crippen LogP contribution in [0.15, 0.2) is 18.2 Å². The van der Waals surface area contributed by atoms with Gasteiger partial charge in [-0.3, -0.25) is 4.79 Å². The number of carbonyl (C=O) groups excluding carboxylic acids is 2. The molecule has 0 atom stereocenters. The van der Waals surface area contributed by atoms with Gasteiger partial charge in [-0.25, -0.2) is 9.18 Å². The first-order valence-electron chi connectivity index (χ1n) is 8.08. The number of nitrogens with one attached hydrogen (secondary N) is 2. The molecule has 2 N–H and O–H groups in total. The van der Waals surface area contributed by atoms with E-state index >= 15 is 0 Å². The highest BCUT2D eigenvalue weighted by molar-refractivity contribution is 5.89. The van der Waals surface area contributed by atoms with Gasteiger partial charge in [0, 0.05) is 37.3 Å². The lowest BCUT2D eigenvalue weighted by Crippen LogP contribution is -2.47. The average molecular weight is 377 g/mol. The van der Waals surface area contributed by atoms with E-state index in [1.54, 1.807) is 11.8 Å². The van der Waals surface area contributed by atoms with Crippen LogP contribution in [-0.2, 0) is 4.79 Å². The molecule has 144 valence electrons. The van der Waals surface area contributed by atoms with E-state index < -0.39 is 24.0 Å². The molecule has 0 saturated carbocycles. The number of anilines is 1. The molecule has 26 heavy (non-hydrogen) atoms. The number of ether oxygens (including phenoxy) is 1. The fraction of sp³-hybridized carbons (Fsp3) is 0.500. The van der Waals surface area contributed by atoms with E-state index in [9.17, 15) is 27.2 Å². The lowest BCUT2D eigenvalue weighted by atomic mass is 10.0. The zero-order valence-corrected chi connectivity index (χ0v) is 14.0. The molecule has 1 aliphatic heterocycles. The van der Waals surface area contributed by atoms with Gasteiger partial charge in [0.2, 0.25) is 5.91 Å². The highest BCUT2D eigenvalue weighted by atomic mass is 19.4. The van der Waals surface area contributed by atoms with Crippen LogP contribution in [0.1, 0.15) is 26.2 Å². The summed E-state index contributed by atoms with van der Waals surface area (Å²) in [6, 6.07) is 1.88. The van der Waals surface area contributed by atoms with Crippen molar-refractivity contribution in [2.45, 2.75) is 38.6 Å². The molecule has 6 nitrogen and oxygen atoms in total. The van der Waals surface area contributed by atoms with Crippen molar-refractivity contribution >= 4 is 17.6 Å². The van der Waals surface area contributed by atoms with Crippen LogP contribution in [0.5, 0.6) is 5.75 Å². The molecule has 2 rings (SSSR count). The third kappa shape index (κ3) is 5.78. The monoisotopic (exact) mass is 377 g/mol. The van der Waals surface area contributed by atoms with E-state index in [4.69, 9.17) is 0 Å². The van der Waals surface area contributed by atoms with Gasteiger partial charge in [0.15, 0.2) is 11.6 Å². The minimum atomic E-state index is -5.00. The number of halogens is 4. The van der Waals surface area contributed by atoms with E-state index in [2.05, 4.69) is 15.4 Å². The summed E-state index contributed by atoms with van der Waals surface area (Å²) < 4.78 is 53.4. The molecule has 1 heterocycles. The van der Waals surface area contributed by atoms with Crippen LogP contribution in [-0.4, -0.2) is 42.3 Å². The van der Waals surface area contributed by atoms with Crippen molar-refractivity contribution in [3.63, 3.8) is 0 Å². The Morgan fingerprint density at radius 3 is 2.46 bits per heavy atom. The van der Waals surface area contributed by atoms with E-state index in [1.807, 2.05) is 0 Å². The Balaban J connectivity index is 1.85. The van der Waals surface area contributed by atoms with Gasteiger partial charge in [-0.2, -0.15) is 0 Å². The fourth-order valence-corrected chi connectivity index (χ4v) is 2.64. The Kier molecular flexibility index (Phi) is 6.27. The fourth-order valence-electron chi connectivity index (χ4n) is 2.64. The lowest BCUT2D eigenvalue weighted by molar-refractivity contribution is -0.275. The summed E-state index contributed by atoms with van der Waals surface area (Å²) in [5.74, 6) is -2.16. The number of rotatable bonds is 4. The van der Waals surface area contributed by atoms with E-state index in [0.717, 1.165) is 18.2 Å². The topological polar surface area (TPSA) is 70.7 Å². The second-order valence-corrected chi connectivity index (χ2v) is 5.80. The number of nitrogens with zero attached hydrogens (tertiary/aromatic N) is 1. The van der Waals surface area contributed by atoms with Crippen molar-refractivity contribution in [2.75, 3.05) is 18.4 Å². The Morgan fingerprint density at radius 1 is 1.27 bits per heavy atom. The van der Waals surface area contributed by atoms with E-state index in [1.165, 1.54) is 0 Å². The molecule has 1 aliphatic rings. The molecule has 1 fully saturated rings. The maximum absolute atomic E-state index is 13.6. The zero-order valence-electron chi connectivity index (χ0n) is 14.0. The molecule has 0 bridgehead atoms. The van der Waals surface area contributed by atoms with Crippen LogP contribution >= 0.6 is 0 Å². The van der Waals surface area contributed by atoms with Crippen LogP contribution in [0.2, 0.25) is 0 Å². The third-order valence-electron chi connectivity index (χ3n) is 3.90. The first kappa shape index (κ1) is 19.8. The van der Waals surface area contributed by atoms with Crippen LogP contribution in [0.25, 0.3) is 0 Å². The number of hydrogen-bond acceptors (Lipinski definition) is 3. The van der Waals surface area contributed by atoms with Crippen molar-refractivity contribution in [2.24, 2.45) is 0 Å². The molecule has 0 aliphatic carbocycles. The first-order chi connectivity index (χ1) is 12.2. The van der Waals surface area contributed by atoms with Gasteiger partial charge in [0.05, 0.1) is 0 Å². The predicted molar refractivity (Wildman–Crippen MR) is 85.1 cm³/mol. The lowest BCUT2D eigenvalue weighted by Gasteiger charge is -2.32. The minimum absolute atomic E-state index is 0.00637.